The van der Waals surface area contributed by atoms with Crippen molar-refractivity contribution in [3.8, 4) is 0 Å². The number of halogens is 1. The van der Waals surface area contributed by atoms with Crippen LogP contribution < -0.4 is 10.6 Å². The van der Waals surface area contributed by atoms with Crippen LogP contribution in [-0.4, -0.2) is 37.2 Å². The van der Waals surface area contributed by atoms with Gasteiger partial charge in [-0.25, -0.2) is 0 Å². The molecule has 0 aliphatic carbocycles. The Morgan fingerprint density at radius 2 is 2.04 bits per heavy atom. The second-order valence-corrected chi connectivity index (χ2v) is 6.20. The number of nitrogens with zero attached hydrogens (tertiary/aromatic N) is 1. The Morgan fingerprint density at radius 1 is 1.22 bits per heavy atom. The molecule has 0 atom stereocenters. The molecular formula is C19H18ClN3O4. The molecule has 0 spiro atoms. The van der Waals surface area contributed by atoms with Crippen molar-refractivity contribution in [2.24, 2.45) is 0 Å². The van der Waals surface area contributed by atoms with Gasteiger partial charge in [-0.05, 0) is 30.3 Å². The first kappa shape index (κ1) is 18.9. The number of benzene rings is 2. The summed E-state index contributed by atoms with van der Waals surface area (Å²) in [7, 11) is 1.55. The van der Waals surface area contributed by atoms with Crippen molar-refractivity contribution in [1.82, 2.24) is 10.5 Å². The van der Waals surface area contributed by atoms with Gasteiger partial charge in [-0.3, -0.25) is 9.59 Å². The maximum absolute atomic E-state index is 12.3. The molecule has 1 heterocycles. The molecule has 0 aliphatic heterocycles. The predicted octanol–water partition coefficient (Wildman–Crippen LogP) is 3.04. The van der Waals surface area contributed by atoms with Gasteiger partial charge in [0.05, 0.1) is 23.6 Å². The Kier molecular flexibility index (Phi) is 6.05. The van der Waals surface area contributed by atoms with Crippen molar-refractivity contribution < 1.29 is 18.8 Å². The van der Waals surface area contributed by atoms with Crippen molar-refractivity contribution in [3.05, 3.63) is 58.7 Å². The minimum absolute atomic E-state index is 0.0634. The summed E-state index contributed by atoms with van der Waals surface area (Å²) < 4.78 is 10.1. The monoisotopic (exact) mass is 387 g/mol. The molecule has 2 amide bonds. The van der Waals surface area contributed by atoms with Crippen LogP contribution in [0.15, 0.2) is 47.0 Å². The molecule has 8 heteroatoms. The summed E-state index contributed by atoms with van der Waals surface area (Å²) in [5.41, 5.74) is 2.01. The molecule has 0 unspecified atom stereocenters. The third-order valence-electron chi connectivity index (χ3n) is 3.87. The van der Waals surface area contributed by atoms with Crippen molar-refractivity contribution in [1.29, 1.82) is 0 Å². The van der Waals surface area contributed by atoms with Crippen LogP contribution in [0.3, 0.4) is 0 Å². The van der Waals surface area contributed by atoms with Gasteiger partial charge >= 0.3 is 0 Å². The van der Waals surface area contributed by atoms with E-state index in [0.717, 1.165) is 5.39 Å². The summed E-state index contributed by atoms with van der Waals surface area (Å²) in [6.07, 6.45) is 0.0634. The highest BCUT2D eigenvalue weighted by molar-refractivity contribution is 6.34. The quantitative estimate of drug-likeness (QED) is 0.608. The van der Waals surface area contributed by atoms with Gasteiger partial charge < -0.3 is 19.9 Å². The summed E-state index contributed by atoms with van der Waals surface area (Å²) in [6.45, 7) is 0.796. The zero-order valence-electron chi connectivity index (χ0n) is 14.6. The fraction of sp³-hybridized carbons (Fsp3) is 0.211. The van der Waals surface area contributed by atoms with Gasteiger partial charge in [0, 0.05) is 24.7 Å². The number of carbonyl (C=O) groups is 2. The smallest absolute Gasteiger partial charge is 0.252 e. The molecule has 2 aromatic carbocycles. The highest BCUT2D eigenvalue weighted by Gasteiger charge is 2.14. The third-order valence-corrected chi connectivity index (χ3v) is 4.18. The summed E-state index contributed by atoms with van der Waals surface area (Å²) >= 11 is 6.17. The number of amides is 2. The van der Waals surface area contributed by atoms with Crippen molar-refractivity contribution in [2.45, 2.75) is 6.42 Å². The minimum Gasteiger partial charge on any atom is -0.383 e. The van der Waals surface area contributed by atoms with Crippen LogP contribution in [0.1, 0.15) is 16.1 Å². The van der Waals surface area contributed by atoms with Crippen LogP contribution >= 0.6 is 11.6 Å². The van der Waals surface area contributed by atoms with Gasteiger partial charge in [-0.2, -0.15) is 0 Å². The summed E-state index contributed by atoms with van der Waals surface area (Å²) in [6, 6.07) is 12.1. The first-order valence-corrected chi connectivity index (χ1v) is 8.66. The van der Waals surface area contributed by atoms with E-state index in [0.29, 0.717) is 35.7 Å². The largest absolute Gasteiger partial charge is 0.383 e. The van der Waals surface area contributed by atoms with E-state index >= 15 is 0 Å². The van der Waals surface area contributed by atoms with E-state index < -0.39 is 0 Å². The zero-order valence-corrected chi connectivity index (χ0v) is 15.4. The van der Waals surface area contributed by atoms with E-state index in [-0.39, 0.29) is 23.3 Å². The first-order chi connectivity index (χ1) is 13.1. The molecule has 27 heavy (non-hydrogen) atoms. The summed E-state index contributed by atoms with van der Waals surface area (Å²) in [5, 5.41) is 10.4. The fourth-order valence-corrected chi connectivity index (χ4v) is 2.83. The van der Waals surface area contributed by atoms with E-state index in [4.69, 9.17) is 20.9 Å². The lowest BCUT2D eigenvalue weighted by molar-refractivity contribution is -0.115. The number of ether oxygens (including phenoxy) is 1. The maximum atomic E-state index is 12.3. The van der Waals surface area contributed by atoms with Crippen molar-refractivity contribution in [3.63, 3.8) is 0 Å². The molecule has 140 valence electrons. The zero-order chi connectivity index (χ0) is 19.2. The number of hydrogen-bond acceptors (Lipinski definition) is 5. The van der Waals surface area contributed by atoms with E-state index in [1.807, 2.05) is 18.2 Å². The molecular weight excluding hydrogens is 370 g/mol. The molecule has 3 aromatic rings. The highest BCUT2D eigenvalue weighted by atomic mass is 35.5. The second kappa shape index (κ2) is 8.66. The van der Waals surface area contributed by atoms with Gasteiger partial charge in [0.1, 0.15) is 5.69 Å². The van der Waals surface area contributed by atoms with E-state index in [1.165, 1.54) is 6.07 Å². The molecule has 0 saturated heterocycles. The van der Waals surface area contributed by atoms with Gasteiger partial charge in [0.25, 0.3) is 5.91 Å². The average molecular weight is 388 g/mol. The Hall–Kier alpha value is -2.90. The van der Waals surface area contributed by atoms with Crippen LogP contribution in [0.4, 0.5) is 5.69 Å². The molecule has 0 aliphatic rings. The lowest BCUT2D eigenvalue weighted by atomic mass is 10.1. The van der Waals surface area contributed by atoms with E-state index in [9.17, 15) is 9.59 Å². The predicted molar refractivity (Wildman–Crippen MR) is 102 cm³/mol. The lowest BCUT2D eigenvalue weighted by Crippen LogP contribution is -2.27. The molecule has 3 rings (SSSR count). The molecule has 2 N–H and O–H groups in total. The molecule has 0 saturated carbocycles. The Bertz CT molecular complexity index is 970. The Morgan fingerprint density at radius 3 is 2.81 bits per heavy atom. The second-order valence-electron chi connectivity index (χ2n) is 5.79. The third kappa shape index (κ3) is 4.64. The van der Waals surface area contributed by atoms with Gasteiger partial charge in [-0.1, -0.05) is 28.9 Å². The van der Waals surface area contributed by atoms with Gasteiger partial charge in [-0.15, -0.1) is 0 Å². The molecule has 7 nitrogen and oxygen atoms in total. The van der Waals surface area contributed by atoms with Crippen LogP contribution in [0.25, 0.3) is 11.0 Å². The lowest BCUT2D eigenvalue weighted by Gasteiger charge is -2.09. The molecule has 0 radical (unpaired) electrons. The summed E-state index contributed by atoms with van der Waals surface area (Å²) in [5.74, 6) is -0.564. The Labute approximate surface area is 160 Å². The van der Waals surface area contributed by atoms with Gasteiger partial charge in [0.15, 0.2) is 5.58 Å². The number of para-hydroxylation sites is 1. The number of methoxy groups -OCH3 is 1. The normalized spacial score (nSPS) is 10.7. The number of carbonyl (C=O) groups excluding carboxylic acids is 2. The van der Waals surface area contributed by atoms with Crippen LogP contribution in [0.2, 0.25) is 5.02 Å². The number of rotatable bonds is 7. The average Bonchev–Trinajstić information content (AvgIpc) is 3.05. The van der Waals surface area contributed by atoms with Crippen LogP contribution in [0.5, 0.6) is 0 Å². The summed E-state index contributed by atoms with van der Waals surface area (Å²) in [4.78, 5) is 24.4. The van der Waals surface area contributed by atoms with E-state index in [1.54, 1.807) is 25.3 Å². The number of nitrogens with one attached hydrogen (secondary N) is 2. The minimum atomic E-state index is -0.302. The number of fused-ring (bicyclic) bond motifs is 1. The van der Waals surface area contributed by atoms with E-state index in [2.05, 4.69) is 15.8 Å². The highest BCUT2D eigenvalue weighted by Crippen LogP contribution is 2.22. The molecule has 1 aromatic heterocycles. The standard InChI is InChI=1S/C19H18ClN3O4/c1-26-9-8-21-19(25)13-7-6-12(10-15(13)20)22-18(24)11-16-14-4-2-3-5-17(14)27-23-16/h2-7,10H,8-9,11H2,1H3,(H,21,25)(H,22,24). The fourth-order valence-electron chi connectivity index (χ4n) is 2.56. The van der Waals surface area contributed by atoms with Gasteiger partial charge in [0.2, 0.25) is 5.91 Å². The number of aromatic nitrogens is 1. The first-order valence-electron chi connectivity index (χ1n) is 8.28. The SMILES string of the molecule is COCCNC(=O)c1ccc(NC(=O)Cc2noc3ccccc23)cc1Cl. The topological polar surface area (TPSA) is 93.5 Å². The molecule has 0 fully saturated rings. The van der Waals surface area contributed by atoms with Crippen molar-refractivity contribution in [2.75, 3.05) is 25.6 Å². The number of hydrogen-bond donors (Lipinski definition) is 2. The van der Waals surface area contributed by atoms with Crippen molar-refractivity contribution >= 4 is 40.1 Å². The van der Waals surface area contributed by atoms with Crippen LogP contribution in [0, 0.1) is 0 Å². The maximum Gasteiger partial charge on any atom is 0.252 e. The Balaban J connectivity index is 1.64. The van der Waals surface area contributed by atoms with Crippen LogP contribution in [-0.2, 0) is 16.0 Å². The molecule has 0 bridgehead atoms. The number of anilines is 1.